The van der Waals surface area contributed by atoms with Crippen LogP contribution in [0.1, 0.15) is 15.9 Å². The molecule has 0 aliphatic carbocycles. The van der Waals surface area contributed by atoms with Gasteiger partial charge < -0.3 is 10.3 Å². The smallest absolute Gasteiger partial charge is 0.256 e. The Balaban J connectivity index is 2.14. The third kappa shape index (κ3) is 3.34. The minimum atomic E-state index is -0.0594. The van der Waals surface area contributed by atoms with E-state index < -0.39 is 0 Å². The lowest BCUT2D eigenvalue weighted by Gasteiger charge is -2.18. The number of para-hydroxylation sites is 1. The van der Waals surface area contributed by atoms with E-state index in [0.717, 1.165) is 9.35 Å². The van der Waals surface area contributed by atoms with Gasteiger partial charge in [-0.05, 0) is 45.1 Å². The monoisotopic (exact) mass is 339 g/mol. The predicted octanol–water partition coefficient (Wildman–Crippen LogP) is 3.07. The van der Waals surface area contributed by atoms with Gasteiger partial charge in [0.1, 0.15) is 0 Å². The van der Waals surface area contributed by atoms with Crippen molar-refractivity contribution in [3.63, 3.8) is 0 Å². The normalized spacial score (nSPS) is 10.3. The number of nitrogens with one attached hydrogen (secondary N) is 1. The maximum Gasteiger partial charge on any atom is 0.256 e. The summed E-state index contributed by atoms with van der Waals surface area (Å²) in [6.07, 6.45) is 0. The van der Waals surface area contributed by atoms with E-state index in [-0.39, 0.29) is 5.91 Å². The van der Waals surface area contributed by atoms with Gasteiger partial charge in [-0.1, -0.05) is 12.1 Å². The van der Waals surface area contributed by atoms with Crippen LogP contribution in [-0.4, -0.2) is 17.9 Å². The fourth-order valence-electron chi connectivity index (χ4n) is 1.78. The molecule has 0 aliphatic rings. The van der Waals surface area contributed by atoms with Gasteiger partial charge in [0.25, 0.3) is 5.91 Å². The molecule has 1 amide bonds. The summed E-state index contributed by atoms with van der Waals surface area (Å²) in [5.74, 6) is 5.36. The van der Waals surface area contributed by atoms with Crippen molar-refractivity contribution in [2.45, 2.75) is 6.54 Å². The van der Waals surface area contributed by atoms with E-state index >= 15 is 0 Å². The molecular formula is C13H14BrN3OS. The Hall–Kier alpha value is -1.37. The molecule has 0 saturated carbocycles. The van der Waals surface area contributed by atoms with E-state index in [4.69, 9.17) is 5.84 Å². The van der Waals surface area contributed by atoms with Crippen molar-refractivity contribution >= 4 is 38.9 Å². The van der Waals surface area contributed by atoms with Crippen LogP contribution in [0, 0.1) is 0 Å². The van der Waals surface area contributed by atoms with Gasteiger partial charge in [-0.15, -0.1) is 11.3 Å². The SMILES string of the molecule is CN(Cc1csc(Br)c1)C(=O)c1ccccc1NN. The molecule has 0 fully saturated rings. The Kier molecular flexibility index (Phi) is 4.57. The average Bonchev–Trinajstić information content (AvgIpc) is 2.83. The molecule has 0 radical (unpaired) electrons. The first-order valence-corrected chi connectivity index (χ1v) is 7.33. The third-order valence-electron chi connectivity index (χ3n) is 2.70. The fourth-order valence-corrected chi connectivity index (χ4v) is 2.98. The van der Waals surface area contributed by atoms with Crippen LogP contribution < -0.4 is 11.3 Å². The highest BCUT2D eigenvalue weighted by Gasteiger charge is 2.15. The van der Waals surface area contributed by atoms with E-state index in [9.17, 15) is 4.79 Å². The van der Waals surface area contributed by atoms with E-state index in [0.29, 0.717) is 17.8 Å². The maximum absolute atomic E-state index is 12.4. The van der Waals surface area contributed by atoms with Gasteiger partial charge in [0.15, 0.2) is 0 Å². The number of nitrogens with zero attached hydrogens (tertiary/aromatic N) is 1. The number of nitrogens with two attached hydrogens (primary N) is 1. The second-order valence-electron chi connectivity index (χ2n) is 4.11. The Labute approximate surface area is 124 Å². The highest BCUT2D eigenvalue weighted by atomic mass is 79.9. The van der Waals surface area contributed by atoms with Gasteiger partial charge in [0.05, 0.1) is 15.0 Å². The molecule has 0 unspecified atom stereocenters. The van der Waals surface area contributed by atoms with Gasteiger partial charge in [-0.25, -0.2) is 0 Å². The summed E-state index contributed by atoms with van der Waals surface area (Å²) in [7, 11) is 1.78. The summed E-state index contributed by atoms with van der Waals surface area (Å²) in [6.45, 7) is 0.569. The van der Waals surface area contributed by atoms with Crippen molar-refractivity contribution in [2.24, 2.45) is 5.84 Å². The minimum Gasteiger partial charge on any atom is -0.337 e. The first-order chi connectivity index (χ1) is 9.11. The maximum atomic E-state index is 12.4. The summed E-state index contributed by atoms with van der Waals surface area (Å²) in [6, 6.07) is 9.21. The standard InChI is InChI=1S/C13H14BrN3OS/c1-17(7-9-6-12(14)19-8-9)13(18)10-4-2-3-5-11(10)16-15/h2-6,8,16H,7,15H2,1H3. The molecule has 2 rings (SSSR count). The van der Waals surface area contributed by atoms with Crippen molar-refractivity contribution < 1.29 is 4.79 Å². The van der Waals surface area contributed by atoms with Crippen LogP contribution >= 0.6 is 27.3 Å². The number of amides is 1. The van der Waals surface area contributed by atoms with Gasteiger partial charge >= 0.3 is 0 Å². The molecule has 1 aromatic heterocycles. The summed E-state index contributed by atoms with van der Waals surface area (Å²) in [4.78, 5) is 14.0. The van der Waals surface area contributed by atoms with Crippen LogP contribution in [0.25, 0.3) is 0 Å². The summed E-state index contributed by atoms with van der Waals surface area (Å²) < 4.78 is 1.06. The van der Waals surface area contributed by atoms with E-state index in [1.165, 1.54) is 0 Å². The molecule has 0 bridgehead atoms. The summed E-state index contributed by atoms with van der Waals surface area (Å²) in [5.41, 5.74) is 4.85. The zero-order chi connectivity index (χ0) is 13.8. The molecular weight excluding hydrogens is 326 g/mol. The highest BCUT2D eigenvalue weighted by Crippen LogP contribution is 2.22. The topological polar surface area (TPSA) is 58.4 Å². The van der Waals surface area contributed by atoms with Crippen LogP contribution in [0.5, 0.6) is 0 Å². The highest BCUT2D eigenvalue weighted by molar-refractivity contribution is 9.11. The number of hydrogen-bond donors (Lipinski definition) is 2. The van der Waals surface area contributed by atoms with Crippen molar-refractivity contribution in [3.05, 3.63) is 50.6 Å². The van der Waals surface area contributed by atoms with E-state index in [2.05, 4.69) is 21.4 Å². The number of hydrogen-bond acceptors (Lipinski definition) is 4. The average molecular weight is 340 g/mol. The molecule has 1 aromatic carbocycles. The number of thiophene rings is 1. The Morgan fingerprint density at radius 3 is 2.84 bits per heavy atom. The number of nitrogen functional groups attached to an aromatic ring is 1. The van der Waals surface area contributed by atoms with Crippen molar-refractivity contribution in [1.29, 1.82) is 0 Å². The van der Waals surface area contributed by atoms with Gasteiger partial charge in [-0.3, -0.25) is 10.6 Å². The van der Waals surface area contributed by atoms with Crippen molar-refractivity contribution in [2.75, 3.05) is 12.5 Å². The van der Waals surface area contributed by atoms with E-state index in [1.54, 1.807) is 35.4 Å². The molecule has 19 heavy (non-hydrogen) atoms. The molecule has 6 heteroatoms. The number of carbonyl (C=O) groups excluding carboxylic acids is 1. The quantitative estimate of drug-likeness (QED) is 0.664. The zero-order valence-electron chi connectivity index (χ0n) is 10.4. The largest absolute Gasteiger partial charge is 0.337 e. The lowest BCUT2D eigenvalue weighted by molar-refractivity contribution is 0.0786. The number of benzene rings is 1. The fraction of sp³-hybridized carbons (Fsp3) is 0.154. The Morgan fingerprint density at radius 1 is 1.47 bits per heavy atom. The molecule has 0 aliphatic heterocycles. The second-order valence-corrected chi connectivity index (χ2v) is 6.40. The number of rotatable bonds is 4. The molecule has 0 spiro atoms. The number of hydrazine groups is 1. The van der Waals surface area contributed by atoms with Gasteiger partial charge in [-0.2, -0.15) is 0 Å². The zero-order valence-corrected chi connectivity index (χ0v) is 12.8. The number of halogens is 1. The summed E-state index contributed by atoms with van der Waals surface area (Å²) >= 11 is 5.02. The summed E-state index contributed by atoms with van der Waals surface area (Å²) in [5, 5.41) is 2.03. The first-order valence-electron chi connectivity index (χ1n) is 5.66. The van der Waals surface area contributed by atoms with Crippen LogP contribution in [0.15, 0.2) is 39.5 Å². The van der Waals surface area contributed by atoms with Crippen LogP contribution in [0.4, 0.5) is 5.69 Å². The molecule has 100 valence electrons. The molecule has 1 heterocycles. The first kappa shape index (κ1) is 14.0. The molecule has 0 atom stereocenters. The Bertz CT molecular complexity index is 585. The number of anilines is 1. The van der Waals surface area contributed by atoms with Crippen LogP contribution in [0.2, 0.25) is 0 Å². The van der Waals surface area contributed by atoms with Gasteiger partial charge in [0.2, 0.25) is 0 Å². The predicted molar refractivity (Wildman–Crippen MR) is 82.1 cm³/mol. The Morgan fingerprint density at radius 2 is 2.21 bits per heavy atom. The molecule has 2 aromatic rings. The minimum absolute atomic E-state index is 0.0594. The second kappa shape index (κ2) is 6.18. The molecule has 3 N–H and O–H groups in total. The van der Waals surface area contributed by atoms with Crippen LogP contribution in [0.3, 0.4) is 0 Å². The number of carbonyl (C=O) groups is 1. The van der Waals surface area contributed by atoms with Crippen LogP contribution in [-0.2, 0) is 6.54 Å². The third-order valence-corrected chi connectivity index (χ3v) is 4.25. The van der Waals surface area contributed by atoms with Gasteiger partial charge in [0, 0.05) is 13.6 Å². The lowest BCUT2D eigenvalue weighted by atomic mass is 10.1. The van der Waals surface area contributed by atoms with E-state index in [1.807, 2.05) is 23.6 Å². The molecule has 4 nitrogen and oxygen atoms in total. The van der Waals surface area contributed by atoms with Crippen molar-refractivity contribution in [1.82, 2.24) is 4.90 Å². The van der Waals surface area contributed by atoms with Crippen molar-refractivity contribution in [3.8, 4) is 0 Å². The molecule has 0 saturated heterocycles. The lowest BCUT2D eigenvalue weighted by Crippen LogP contribution is -2.27.